The number of dihydropyridines is 1. The second kappa shape index (κ2) is 9.16. The molecule has 0 atom stereocenters. The molecular weight excluding hydrogens is 468 g/mol. The average Bonchev–Trinajstić information content (AvgIpc) is 3.54. The molecular formula is C34H26N2O2. The monoisotopic (exact) mass is 494 g/mol. The van der Waals surface area contributed by atoms with Gasteiger partial charge in [-0.1, -0.05) is 60.7 Å². The highest BCUT2D eigenvalue weighted by atomic mass is 16.4. The van der Waals surface area contributed by atoms with Crippen molar-refractivity contribution in [3.63, 3.8) is 0 Å². The van der Waals surface area contributed by atoms with Gasteiger partial charge in [0.1, 0.15) is 11.2 Å². The Hall–Kier alpha value is -4.96. The predicted molar refractivity (Wildman–Crippen MR) is 158 cm³/mol. The molecule has 184 valence electrons. The fraction of sp³-hybridized carbons (Fsp3) is 0.0588. The van der Waals surface area contributed by atoms with Crippen LogP contribution in [0.25, 0.3) is 60.7 Å². The zero-order valence-corrected chi connectivity index (χ0v) is 20.8. The van der Waals surface area contributed by atoms with Crippen LogP contribution in [0.1, 0.15) is 12.0 Å². The number of furan rings is 2. The molecule has 0 aliphatic carbocycles. The molecule has 1 aliphatic rings. The second-order valence-corrected chi connectivity index (χ2v) is 9.57. The molecule has 2 aromatic heterocycles. The summed E-state index contributed by atoms with van der Waals surface area (Å²) in [7, 11) is 0. The first-order chi connectivity index (χ1) is 18.7. The molecule has 0 saturated heterocycles. The molecule has 1 aliphatic heterocycles. The van der Waals surface area contributed by atoms with Crippen LogP contribution in [0.15, 0.2) is 130 Å². The van der Waals surface area contributed by atoms with E-state index in [1.807, 2.05) is 36.4 Å². The summed E-state index contributed by atoms with van der Waals surface area (Å²) in [5.74, 6) is 0. The van der Waals surface area contributed by atoms with Gasteiger partial charge in [-0.15, -0.1) is 0 Å². The number of rotatable bonds is 5. The number of allylic oxidation sites excluding steroid dienone is 5. The molecule has 0 radical (unpaired) electrons. The summed E-state index contributed by atoms with van der Waals surface area (Å²) in [6, 6.07) is 27.1. The van der Waals surface area contributed by atoms with Crippen molar-refractivity contribution in [1.82, 2.24) is 5.32 Å². The topological polar surface area (TPSA) is 64.3 Å². The van der Waals surface area contributed by atoms with Crippen LogP contribution < -0.4 is 11.1 Å². The van der Waals surface area contributed by atoms with Crippen LogP contribution >= 0.6 is 0 Å². The molecule has 0 saturated carbocycles. The van der Waals surface area contributed by atoms with Gasteiger partial charge in [0, 0.05) is 45.9 Å². The Balaban J connectivity index is 1.26. The van der Waals surface area contributed by atoms with Crippen molar-refractivity contribution in [3.05, 3.63) is 127 Å². The van der Waals surface area contributed by atoms with E-state index in [1.165, 1.54) is 11.3 Å². The molecule has 4 heteroatoms. The van der Waals surface area contributed by atoms with Crippen LogP contribution in [0.4, 0.5) is 0 Å². The minimum Gasteiger partial charge on any atom is -0.452 e. The quantitative estimate of drug-likeness (QED) is 0.236. The number of hydrogen-bond donors (Lipinski definition) is 2. The Morgan fingerprint density at radius 2 is 1.53 bits per heavy atom. The first kappa shape index (κ1) is 22.3. The van der Waals surface area contributed by atoms with Gasteiger partial charge in [0.2, 0.25) is 0 Å². The number of nitrogens with two attached hydrogens (primary N) is 1. The SMILES string of the molecule is N/C(=C\C=C/CC1=CC=CCN1)c1ccc2oc3c(ccc4c5cc(-c6ccccc6)ccc5oc43)c2c1. The summed E-state index contributed by atoms with van der Waals surface area (Å²) in [5.41, 5.74) is 14.9. The fourth-order valence-corrected chi connectivity index (χ4v) is 5.16. The van der Waals surface area contributed by atoms with E-state index in [4.69, 9.17) is 14.6 Å². The molecule has 0 fully saturated rings. The van der Waals surface area contributed by atoms with Crippen molar-refractivity contribution in [2.75, 3.05) is 6.54 Å². The first-order valence-electron chi connectivity index (χ1n) is 12.8. The minimum absolute atomic E-state index is 0.709. The maximum Gasteiger partial charge on any atom is 0.178 e. The average molecular weight is 495 g/mol. The van der Waals surface area contributed by atoms with Crippen LogP contribution in [0.2, 0.25) is 0 Å². The van der Waals surface area contributed by atoms with E-state index < -0.39 is 0 Å². The molecule has 38 heavy (non-hydrogen) atoms. The molecule has 4 nitrogen and oxygen atoms in total. The number of nitrogens with one attached hydrogen (secondary N) is 1. The molecule has 0 amide bonds. The maximum atomic E-state index is 6.44. The minimum atomic E-state index is 0.709. The van der Waals surface area contributed by atoms with Crippen molar-refractivity contribution in [2.24, 2.45) is 5.73 Å². The largest absolute Gasteiger partial charge is 0.452 e. The summed E-state index contributed by atoms with van der Waals surface area (Å²) in [6.45, 7) is 0.880. The van der Waals surface area contributed by atoms with Crippen LogP contribution in [-0.4, -0.2) is 6.54 Å². The Bertz CT molecular complexity index is 1950. The van der Waals surface area contributed by atoms with E-state index in [-0.39, 0.29) is 0 Å². The van der Waals surface area contributed by atoms with Gasteiger partial charge in [-0.2, -0.15) is 0 Å². The standard InChI is InChI=1S/C34H26N2O2/c35-30(12-5-4-10-25-11-6-7-19-36-25)24-14-18-32-29(21-24)27-16-15-26-28-20-23(22-8-2-1-3-9-22)13-17-31(28)37-33(26)34(27)38-32/h1-9,11-18,20-21,36H,10,19,35H2/b5-4-,30-12-. The Morgan fingerprint density at radius 3 is 2.26 bits per heavy atom. The summed E-state index contributed by atoms with van der Waals surface area (Å²) in [6.07, 6.45) is 13.2. The van der Waals surface area contributed by atoms with Crippen LogP contribution in [-0.2, 0) is 0 Å². The lowest BCUT2D eigenvalue weighted by Crippen LogP contribution is -2.14. The van der Waals surface area contributed by atoms with E-state index in [0.29, 0.717) is 5.70 Å². The van der Waals surface area contributed by atoms with E-state index in [2.05, 4.69) is 84.2 Å². The van der Waals surface area contributed by atoms with Crippen LogP contribution in [0.5, 0.6) is 0 Å². The fourth-order valence-electron chi connectivity index (χ4n) is 5.16. The number of fused-ring (bicyclic) bond motifs is 7. The van der Waals surface area contributed by atoms with Crippen LogP contribution in [0.3, 0.4) is 0 Å². The van der Waals surface area contributed by atoms with Gasteiger partial charge in [-0.05, 0) is 71.3 Å². The highest BCUT2D eigenvalue weighted by Gasteiger charge is 2.17. The zero-order valence-electron chi connectivity index (χ0n) is 20.8. The van der Waals surface area contributed by atoms with Crippen molar-refractivity contribution in [1.29, 1.82) is 0 Å². The summed E-state index contributed by atoms with van der Waals surface area (Å²) < 4.78 is 12.7. The van der Waals surface area contributed by atoms with Gasteiger partial charge in [0.15, 0.2) is 11.2 Å². The molecule has 7 rings (SSSR count). The summed E-state index contributed by atoms with van der Waals surface area (Å²) in [4.78, 5) is 0. The van der Waals surface area contributed by atoms with Gasteiger partial charge >= 0.3 is 0 Å². The smallest absolute Gasteiger partial charge is 0.178 e. The molecule has 0 unspecified atom stereocenters. The van der Waals surface area contributed by atoms with Crippen molar-refractivity contribution in [3.8, 4) is 11.1 Å². The van der Waals surface area contributed by atoms with Crippen molar-refractivity contribution in [2.45, 2.75) is 6.42 Å². The normalized spacial score (nSPS) is 14.2. The molecule has 3 N–H and O–H groups in total. The van der Waals surface area contributed by atoms with Gasteiger partial charge < -0.3 is 19.9 Å². The van der Waals surface area contributed by atoms with E-state index in [1.54, 1.807) is 0 Å². The lowest BCUT2D eigenvalue weighted by atomic mass is 10.0. The highest BCUT2D eigenvalue weighted by molar-refractivity contribution is 6.19. The van der Waals surface area contributed by atoms with Gasteiger partial charge in [0.25, 0.3) is 0 Å². The maximum absolute atomic E-state index is 6.44. The highest BCUT2D eigenvalue weighted by Crippen LogP contribution is 2.40. The Morgan fingerprint density at radius 1 is 0.789 bits per heavy atom. The van der Waals surface area contributed by atoms with Gasteiger partial charge in [-0.25, -0.2) is 0 Å². The molecule has 0 bridgehead atoms. The molecule has 3 heterocycles. The third kappa shape index (κ3) is 3.87. The van der Waals surface area contributed by atoms with E-state index >= 15 is 0 Å². The lowest BCUT2D eigenvalue weighted by molar-refractivity contribution is 0.633. The van der Waals surface area contributed by atoms with Gasteiger partial charge in [-0.3, -0.25) is 0 Å². The zero-order chi connectivity index (χ0) is 25.5. The molecule has 6 aromatic rings. The predicted octanol–water partition coefficient (Wildman–Crippen LogP) is 8.44. The molecule has 4 aromatic carbocycles. The van der Waals surface area contributed by atoms with E-state index in [0.717, 1.165) is 68.0 Å². The lowest BCUT2D eigenvalue weighted by Gasteiger charge is -2.08. The summed E-state index contributed by atoms with van der Waals surface area (Å²) >= 11 is 0. The first-order valence-corrected chi connectivity index (χ1v) is 12.8. The number of benzene rings is 4. The van der Waals surface area contributed by atoms with Gasteiger partial charge in [0.05, 0.1) is 0 Å². The molecule has 0 spiro atoms. The van der Waals surface area contributed by atoms with Crippen molar-refractivity contribution >= 4 is 49.6 Å². The van der Waals surface area contributed by atoms with Crippen molar-refractivity contribution < 1.29 is 8.83 Å². The van der Waals surface area contributed by atoms with Crippen LogP contribution in [0, 0.1) is 0 Å². The Kier molecular flexibility index (Phi) is 5.37. The summed E-state index contributed by atoms with van der Waals surface area (Å²) in [5, 5.41) is 7.53. The Labute approximate surface area is 220 Å². The van der Waals surface area contributed by atoms with E-state index in [9.17, 15) is 0 Å². The third-order valence-electron chi connectivity index (χ3n) is 7.15. The third-order valence-corrected chi connectivity index (χ3v) is 7.15. The number of hydrogen-bond acceptors (Lipinski definition) is 4. The second-order valence-electron chi connectivity index (χ2n) is 9.57.